The molecule has 0 aliphatic carbocycles. The van der Waals surface area contributed by atoms with Crippen LogP contribution in [0.15, 0.2) is 82.6 Å². The summed E-state index contributed by atoms with van der Waals surface area (Å²) in [7, 11) is -4.47. The topological polar surface area (TPSA) is 213 Å². The maximum Gasteiger partial charge on any atom is 0.267 e. The highest BCUT2D eigenvalue weighted by Crippen LogP contribution is 2.36. The Morgan fingerprint density at radius 2 is 1.74 bits per heavy atom. The summed E-state index contributed by atoms with van der Waals surface area (Å²) in [6, 6.07) is 13.5. The van der Waals surface area contributed by atoms with Gasteiger partial charge in [-0.05, 0) is 30.3 Å². The summed E-state index contributed by atoms with van der Waals surface area (Å²) < 4.78 is 37.7. The molecule has 16 nitrogen and oxygen atoms in total. The van der Waals surface area contributed by atoms with Crippen LogP contribution in [0.25, 0.3) is 16.7 Å². The number of anilines is 3. The Morgan fingerprint density at radius 1 is 1.02 bits per heavy atom. The Hall–Kier alpha value is -5.78. The van der Waals surface area contributed by atoms with Gasteiger partial charge in [0.25, 0.3) is 17.7 Å². The second-order valence-corrected chi connectivity index (χ2v) is 11.8. The van der Waals surface area contributed by atoms with Gasteiger partial charge in [-0.3, -0.25) is 29.1 Å². The molecule has 0 bridgehead atoms. The van der Waals surface area contributed by atoms with Crippen LogP contribution in [0.2, 0.25) is 0 Å². The van der Waals surface area contributed by atoms with Crippen LogP contribution in [-0.4, -0.2) is 71.2 Å². The zero-order chi connectivity index (χ0) is 32.2. The van der Waals surface area contributed by atoms with E-state index in [0.717, 1.165) is 22.7 Å². The van der Waals surface area contributed by atoms with E-state index in [2.05, 4.69) is 20.6 Å². The lowest BCUT2D eigenvalue weighted by Gasteiger charge is -2.30. The number of pyridine rings is 1. The number of carbonyl (C=O) groups is 4. The van der Waals surface area contributed by atoms with Gasteiger partial charge in [0.15, 0.2) is 17.2 Å². The molecule has 3 aromatic heterocycles. The van der Waals surface area contributed by atoms with Crippen molar-refractivity contribution in [2.24, 2.45) is 5.14 Å². The predicted octanol–water partition coefficient (Wildman–Crippen LogP) is 1.62. The summed E-state index contributed by atoms with van der Waals surface area (Å²) in [5.74, 6) is -2.48. The average Bonchev–Trinajstić information content (AvgIpc) is 3.75. The Kier molecular flexibility index (Phi) is 6.92. The number of sulfonamides is 1. The van der Waals surface area contributed by atoms with Gasteiger partial charge in [0.05, 0.1) is 47.5 Å². The molecule has 1 atom stereocenters. The second-order valence-electron chi connectivity index (χ2n) is 10.3. The minimum Gasteiger partial charge on any atom is -0.366 e. The summed E-state index contributed by atoms with van der Waals surface area (Å²) in [6.07, 6.45) is 3.26. The minimum absolute atomic E-state index is 0.0100. The van der Waals surface area contributed by atoms with Gasteiger partial charge in [0.1, 0.15) is 11.0 Å². The van der Waals surface area contributed by atoms with E-state index in [-0.39, 0.29) is 46.8 Å². The number of nitrogens with one attached hydrogen (secondary N) is 1. The number of benzene rings is 2. The molecule has 5 heterocycles. The van der Waals surface area contributed by atoms with Crippen molar-refractivity contribution in [3.8, 4) is 5.69 Å². The molecule has 2 aliphatic rings. The number of carbonyl (C=O) groups excluding carboxylic acids is 4. The van der Waals surface area contributed by atoms with Crippen molar-refractivity contribution in [2.75, 3.05) is 28.3 Å². The predicted molar refractivity (Wildman–Crippen MR) is 160 cm³/mol. The Bertz CT molecular complexity index is 2140. The zero-order valence-electron chi connectivity index (χ0n) is 23.6. The standard InChI is InChI=1S/C29H22N8O8S/c30-46(42,43)23-13-19-21(45-34-26(19)37-27(39)17-3-1-2-4-18(17)28(37)40)14-20(23)32-25(38)15-22-29(41)35(11-12-44-22)24-7-10-36(33-24)16-5-8-31-9-6-16/h1-10,13-14,22H,11-12,15H2,(H,32,38)(H2,30,42,43)/t22-/m1/s1. The van der Waals surface area contributed by atoms with Crippen molar-refractivity contribution in [2.45, 2.75) is 17.4 Å². The molecule has 1 saturated heterocycles. The van der Waals surface area contributed by atoms with Crippen LogP contribution in [0, 0.1) is 0 Å². The van der Waals surface area contributed by atoms with E-state index in [0.29, 0.717) is 5.82 Å². The van der Waals surface area contributed by atoms with Gasteiger partial charge < -0.3 is 14.6 Å². The third kappa shape index (κ3) is 4.97. The Balaban J connectivity index is 1.12. The molecule has 4 amide bonds. The van der Waals surface area contributed by atoms with E-state index >= 15 is 0 Å². The van der Waals surface area contributed by atoms with Gasteiger partial charge >= 0.3 is 0 Å². The summed E-state index contributed by atoms with van der Waals surface area (Å²) in [5, 5.41) is 16.2. The van der Waals surface area contributed by atoms with E-state index in [1.165, 1.54) is 17.0 Å². The first kappa shape index (κ1) is 29.0. The lowest BCUT2D eigenvalue weighted by molar-refractivity contribution is -0.138. The van der Waals surface area contributed by atoms with Crippen LogP contribution in [0.1, 0.15) is 27.1 Å². The van der Waals surface area contributed by atoms with Gasteiger partial charge in [-0.2, -0.15) is 0 Å². The number of ether oxygens (including phenoxy) is 1. The maximum atomic E-state index is 13.3. The number of hydrogen-bond donors (Lipinski definition) is 2. The number of nitrogens with zero attached hydrogens (tertiary/aromatic N) is 6. The van der Waals surface area contributed by atoms with Crippen LogP contribution in [-0.2, 0) is 24.3 Å². The number of fused-ring (bicyclic) bond motifs is 2. The summed E-state index contributed by atoms with van der Waals surface area (Å²) in [5.41, 5.74) is 0.735. The first-order valence-electron chi connectivity index (χ1n) is 13.7. The van der Waals surface area contributed by atoms with Crippen molar-refractivity contribution >= 4 is 61.9 Å². The first-order valence-corrected chi connectivity index (χ1v) is 15.3. The van der Waals surface area contributed by atoms with Crippen molar-refractivity contribution in [1.29, 1.82) is 0 Å². The first-order chi connectivity index (χ1) is 22.1. The van der Waals surface area contributed by atoms with Gasteiger partial charge in [-0.1, -0.05) is 17.3 Å². The molecule has 2 aromatic carbocycles. The number of rotatable bonds is 7. The molecule has 1 fully saturated rings. The molecule has 232 valence electrons. The molecule has 2 aliphatic heterocycles. The number of imide groups is 1. The zero-order valence-corrected chi connectivity index (χ0v) is 24.4. The van der Waals surface area contributed by atoms with Crippen molar-refractivity contribution in [1.82, 2.24) is 19.9 Å². The molecule has 0 unspecified atom stereocenters. The second kappa shape index (κ2) is 11.0. The van der Waals surface area contributed by atoms with Crippen molar-refractivity contribution in [3.63, 3.8) is 0 Å². The highest BCUT2D eigenvalue weighted by Gasteiger charge is 2.40. The number of aromatic nitrogens is 4. The van der Waals surface area contributed by atoms with E-state index < -0.39 is 51.1 Å². The van der Waals surface area contributed by atoms with E-state index in [9.17, 15) is 27.6 Å². The normalized spacial score (nSPS) is 16.7. The van der Waals surface area contributed by atoms with Gasteiger partial charge in [0, 0.05) is 30.7 Å². The summed E-state index contributed by atoms with van der Waals surface area (Å²) in [4.78, 5) is 58.1. The minimum atomic E-state index is -4.47. The number of primary sulfonamides is 1. The van der Waals surface area contributed by atoms with Gasteiger partial charge in [-0.25, -0.2) is 23.1 Å². The third-order valence-corrected chi connectivity index (χ3v) is 8.42. The van der Waals surface area contributed by atoms with Gasteiger partial charge in [0.2, 0.25) is 15.9 Å². The molecule has 0 radical (unpaired) electrons. The molecular weight excluding hydrogens is 620 g/mol. The quantitative estimate of drug-likeness (QED) is 0.243. The highest BCUT2D eigenvalue weighted by atomic mass is 32.2. The largest absolute Gasteiger partial charge is 0.366 e. The molecule has 5 aromatic rings. The number of morpholine rings is 1. The number of amides is 4. The smallest absolute Gasteiger partial charge is 0.267 e. The average molecular weight is 643 g/mol. The number of nitrogens with two attached hydrogens (primary N) is 1. The SMILES string of the molecule is NS(=O)(=O)c1cc2c(N3C(=O)c4ccccc4C3=O)noc2cc1NC(=O)C[C@H]1OCCN(c2ccn(-c3ccncc3)n2)C1=O. The van der Waals surface area contributed by atoms with Crippen LogP contribution < -0.4 is 20.3 Å². The van der Waals surface area contributed by atoms with E-state index in [1.54, 1.807) is 53.6 Å². The van der Waals surface area contributed by atoms with E-state index in [4.69, 9.17) is 14.4 Å². The van der Waals surface area contributed by atoms with Crippen molar-refractivity contribution in [3.05, 3.63) is 84.3 Å². The fraction of sp³-hybridized carbons (Fsp3) is 0.138. The van der Waals surface area contributed by atoms with Crippen LogP contribution in [0.4, 0.5) is 17.3 Å². The van der Waals surface area contributed by atoms with Crippen LogP contribution in [0.3, 0.4) is 0 Å². The maximum absolute atomic E-state index is 13.3. The Morgan fingerprint density at radius 3 is 2.43 bits per heavy atom. The summed E-state index contributed by atoms with van der Waals surface area (Å²) in [6.45, 7) is 0.330. The molecule has 7 rings (SSSR count). The fourth-order valence-corrected chi connectivity index (χ4v) is 6.01. The van der Waals surface area contributed by atoms with Crippen LogP contribution >= 0.6 is 0 Å². The van der Waals surface area contributed by atoms with Crippen molar-refractivity contribution < 1.29 is 36.9 Å². The van der Waals surface area contributed by atoms with Gasteiger partial charge in [-0.15, -0.1) is 5.10 Å². The lowest BCUT2D eigenvalue weighted by Crippen LogP contribution is -2.49. The van der Waals surface area contributed by atoms with Crippen LogP contribution in [0.5, 0.6) is 0 Å². The summed E-state index contributed by atoms with van der Waals surface area (Å²) >= 11 is 0. The molecular formula is C29H22N8O8S. The molecule has 46 heavy (non-hydrogen) atoms. The van der Waals surface area contributed by atoms with E-state index in [1.807, 2.05) is 0 Å². The molecule has 3 N–H and O–H groups in total. The number of hydrogen-bond acceptors (Lipinski definition) is 11. The third-order valence-electron chi connectivity index (χ3n) is 7.46. The Labute approximate surface area is 259 Å². The molecule has 0 spiro atoms. The molecule has 17 heteroatoms. The monoisotopic (exact) mass is 642 g/mol. The fourth-order valence-electron chi connectivity index (χ4n) is 5.31. The molecule has 0 saturated carbocycles. The lowest BCUT2D eigenvalue weighted by atomic mass is 10.1. The highest BCUT2D eigenvalue weighted by molar-refractivity contribution is 7.89.